The van der Waals surface area contributed by atoms with Gasteiger partial charge in [-0.15, -0.1) is 0 Å². The van der Waals surface area contributed by atoms with Gasteiger partial charge in [-0.25, -0.2) is 14.2 Å². The number of halogens is 2. The Labute approximate surface area is 214 Å². The Morgan fingerprint density at radius 3 is 2.81 bits per heavy atom. The van der Waals surface area contributed by atoms with Crippen LogP contribution in [0, 0.1) is 17.7 Å². The van der Waals surface area contributed by atoms with Crippen LogP contribution in [0.3, 0.4) is 0 Å². The normalized spacial score (nSPS) is 17.3. The van der Waals surface area contributed by atoms with Gasteiger partial charge in [-0.1, -0.05) is 32.4 Å². The van der Waals surface area contributed by atoms with Crippen LogP contribution in [0.4, 0.5) is 14.9 Å². The van der Waals surface area contributed by atoms with E-state index in [-0.39, 0.29) is 22.3 Å². The molecule has 36 heavy (non-hydrogen) atoms. The van der Waals surface area contributed by atoms with Gasteiger partial charge in [-0.2, -0.15) is 0 Å². The molecule has 3 N–H and O–H groups in total. The number of carbonyl (C=O) groups excluding carboxylic acids is 1. The van der Waals surface area contributed by atoms with Crippen molar-refractivity contribution in [1.29, 1.82) is 0 Å². The van der Waals surface area contributed by atoms with Gasteiger partial charge in [0, 0.05) is 35.7 Å². The van der Waals surface area contributed by atoms with E-state index < -0.39 is 11.8 Å². The Kier molecular flexibility index (Phi) is 7.94. The van der Waals surface area contributed by atoms with E-state index in [0.717, 1.165) is 24.0 Å². The zero-order valence-electron chi connectivity index (χ0n) is 20.5. The second-order valence-electron chi connectivity index (χ2n) is 9.72. The van der Waals surface area contributed by atoms with Crippen molar-refractivity contribution in [1.82, 2.24) is 15.3 Å². The number of hydrogen-bond acceptors (Lipinski definition) is 4. The average Bonchev–Trinajstić information content (AvgIpc) is 2.98. The van der Waals surface area contributed by atoms with Gasteiger partial charge in [-0.05, 0) is 60.4 Å². The van der Waals surface area contributed by atoms with Gasteiger partial charge in [0.1, 0.15) is 5.82 Å². The smallest absolute Gasteiger partial charge is 0.319 e. The van der Waals surface area contributed by atoms with Gasteiger partial charge in [0.05, 0.1) is 23.4 Å². The summed E-state index contributed by atoms with van der Waals surface area (Å²) >= 11 is 6.44. The highest BCUT2D eigenvalue weighted by Gasteiger charge is 2.24. The van der Waals surface area contributed by atoms with E-state index in [1.165, 1.54) is 12.1 Å². The third-order valence-corrected chi connectivity index (χ3v) is 6.47. The van der Waals surface area contributed by atoms with Crippen LogP contribution in [0.2, 0.25) is 5.02 Å². The Hall–Kier alpha value is -3.39. The zero-order valence-corrected chi connectivity index (χ0v) is 21.3. The molecule has 0 saturated heterocycles. The van der Waals surface area contributed by atoms with E-state index in [4.69, 9.17) is 16.3 Å². The van der Waals surface area contributed by atoms with Crippen LogP contribution >= 0.6 is 11.6 Å². The highest BCUT2D eigenvalue weighted by Crippen LogP contribution is 2.33. The first-order chi connectivity index (χ1) is 17.2. The Morgan fingerprint density at radius 2 is 2.08 bits per heavy atom. The molecule has 2 aromatic heterocycles. The van der Waals surface area contributed by atoms with Crippen molar-refractivity contribution in [2.24, 2.45) is 11.8 Å². The minimum Gasteiger partial charge on any atom is -0.477 e. The molecule has 2 amide bonds. The Bertz CT molecular complexity index is 1290. The molecule has 1 aromatic carbocycles. The summed E-state index contributed by atoms with van der Waals surface area (Å²) in [5, 5.41) is 5.76. The number of aromatic nitrogens is 2. The summed E-state index contributed by atoms with van der Waals surface area (Å²) in [4.78, 5) is 31.5. The molecule has 0 saturated carbocycles. The molecule has 0 aliphatic heterocycles. The molecule has 0 fully saturated rings. The predicted octanol–water partition coefficient (Wildman–Crippen LogP) is 6.10. The molecule has 0 unspecified atom stereocenters. The molecule has 1 aliphatic rings. The largest absolute Gasteiger partial charge is 0.477 e. The number of amides is 2. The lowest BCUT2D eigenvalue weighted by Gasteiger charge is -2.20. The summed E-state index contributed by atoms with van der Waals surface area (Å²) in [5.41, 5.74) is 2.67. The SMILES string of the molecule is CC(C)COc1ccc(-c2cc(F)c(NC(=O)N[C@@H]3CC[C@H](C)Cc4cc(=O)[nH]cc43)cc2Cl)cn1. The van der Waals surface area contributed by atoms with Gasteiger partial charge in [0.25, 0.3) is 0 Å². The number of nitrogens with zero attached hydrogens (tertiary/aromatic N) is 1. The number of carbonyl (C=O) groups is 1. The summed E-state index contributed by atoms with van der Waals surface area (Å²) < 4.78 is 20.5. The van der Waals surface area contributed by atoms with Gasteiger partial charge in [-0.3, -0.25) is 4.79 Å². The number of urea groups is 1. The highest BCUT2D eigenvalue weighted by atomic mass is 35.5. The standard InChI is InChI=1S/C27H30ClFN4O3/c1-15(2)14-36-26-7-5-17(12-31-26)19-10-22(29)24(11-21(19)28)33-27(35)32-23-6-4-16(3)8-18-9-25(34)30-13-20(18)23/h5,7,9-13,15-16,23H,4,6,8,14H2,1-3H3,(H,30,34)(H2,32,33,35)/t16-,23+/m0/s1. The summed E-state index contributed by atoms with van der Waals surface area (Å²) in [6.07, 6.45) is 5.59. The molecule has 0 bridgehead atoms. The monoisotopic (exact) mass is 512 g/mol. The van der Waals surface area contributed by atoms with Gasteiger partial charge in [0.15, 0.2) is 0 Å². The van der Waals surface area contributed by atoms with Crippen LogP contribution in [0.15, 0.2) is 47.5 Å². The molecule has 0 radical (unpaired) electrons. The van der Waals surface area contributed by atoms with Crippen molar-refractivity contribution in [3.8, 4) is 17.0 Å². The number of ether oxygens (including phenoxy) is 1. The van der Waals surface area contributed by atoms with E-state index in [1.807, 2.05) is 13.8 Å². The topological polar surface area (TPSA) is 96.1 Å². The summed E-state index contributed by atoms with van der Waals surface area (Å²) in [6, 6.07) is 6.86. The van der Waals surface area contributed by atoms with Crippen LogP contribution in [0.5, 0.6) is 5.88 Å². The van der Waals surface area contributed by atoms with Crippen LogP contribution in [-0.2, 0) is 6.42 Å². The van der Waals surface area contributed by atoms with Crippen molar-refractivity contribution in [2.45, 2.75) is 46.1 Å². The van der Waals surface area contributed by atoms with E-state index in [1.54, 1.807) is 30.6 Å². The molecular formula is C27H30ClFN4O3. The third-order valence-electron chi connectivity index (χ3n) is 6.16. The van der Waals surface area contributed by atoms with Gasteiger partial charge in [0.2, 0.25) is 11.4 Å². The number of aromatic amines is 1. The summed E-state index contributed by atoms with van der Waals surface area (Å²) in [5.74, 6) is 0.619. The van der Waals surface area contributed by atoms with Gasteiger partial charge < -0.3 is 20.4 Å². The maximum absolute atomic E-state index is 15.0. The van der Waals surface area contributed by atoms with Crippen LogP contribution < -0.4 is 20.9 Å². The number of rotatable bonds is 6. The highest BCUT2D eigenvalue weighted by molar-refractivity contribution is 6.33. The number of hydrogen-bond donors (Lipinski definition) is 3. The molecule has 2 heterocycles. The minimum absolute atomic E-state index is 0.0326. The molecule has 2 atom stereocenters. The van der Waals surface area contributed by atoms with Crippen LogP contribution in [-0.4, -0.2) is 22.6 Å². The molecule has 4 rings (SSSR count). The van der Waals surface area contributed by atoms with Crippen LogP contribution in [0.1, 0.15) is 50.8 Å². The van der Waals surface area contributed by atoms with Crippen molar-refractivity contribution in [3.63, 3.8) is 0 Å². The number of pyridine rings is 2. The molecule has 1 aliphatic carbocycles. The molecule has 3 aromatic rings. The number of nitrogens with one attached hydrogen (secondary N) is 3. The minimum atomic E-state index is -0.621. The first kappa shape index (κ1) is 25.7. The first-order valence-corrected chi connectivity index (χ1v) is 12.4. The quantitative estimate of drug-likeness (QED) is 0.348. The Balaban J connectivity index is 1.47. The molecule has 7 nitrogen and oxygen atoms in total. The van der Waals surface area contributed by atoms with E-state index >= 15 is 0 Å². The number of fused-ring (bicyclic) bond motifs is 1. The Morgan fingerprint density at radius 1 is 1.28 bits per heavy atom. The number of anilines is 1. The lowest BCUT2D eigenvalue weighted by atomic mass is 10.00. The fourth-order valence-corrected chi connectivity index (χ4v) is 4.59. The number of H-pyrrole nitrogens is 1. The second-order valence-corrected chi connectivity index (χ2v) is 10.1. The molecule has 9 heteroatoms. The maximum atomic E-state index is 15.0. The summed E-state index contributed by atoms with van der Waals surface area (Å²) in [7, 11) is 0. The van der Waals surface area contributed by atoms with Crippen LogP contribution in [0.25, 0.3) is 11.1 Å². The van der Waals surface area contributed by atoms with E-state index in [9.17, 15) is 14.0 Å². The molecular weight excluding hydrogens is 483 g/mol. The zero-order chi connectivity index (χ0) is 25.8. The van der Waals surface area contributed by atoms with E-state index in [2.05, 4.69) is 27.5 Å². The van der Waals surface area contributed by atoms with Crippen molar-refractivity contribution >= 4 is 23.3 Å². The molecule has 190 valence electrons. The fraction of sp³-hybridized carbons (Fsp3) is 0.370. The lowest BCUT2D eigenvalue weighted by Crippen LogP contribution is -2.33. The third kappa shape index (κ3) is 6.23. The second kappa shape index (κ2) is 11.1. The predicted molar refractivity (Wildman–Crippen MR) is 139 cm³/mol. The number of benzene rings is 1. The van der Waals surface area contributed by atoms with Crippen molar-refractivity contribution < 1.29 is 13.9 Å². The first-order valence-electron chi connectivity index (χ1n) is 12.1. The lowest BCUT2D eigenvalue weighted by molar-refractivity contribution is 0.247. The maximum Gasteiger partial charge on any atom is 0.319 e. The molecule has 0 spiro atoms. The average molecular weight is 513 g/mol. The van der Waals surface area contributed by atoms with Gasteiger partial charge >= 0.3 is 6.03 Å². The fourth-order valence-electron chi connectivity index (χ4n) is 4.32. The summed E-state index contributed by atoms with van der Waals surface area (Å²) in [6.45, 7) is 6.76. The van der Waals surface area contributed by atoms with Crippen molar-refractivity contribution in [3.05, 3.63) is 75.0 Å². The van der Waals surface area contributed by atoms with Crippen molar-refractivity contribution in [2.75, 3.05) is 11.9 Å². The van der Waals surface area contributed by atoms with E-state index in [0.29, 0.717) is 41.9 Å².